The molecule has 0 radical (unpaired) electrons. The number of fused-ring (bicyclic) bond motifs is 1. The minimum Gasteiger partial charge on any atom is -0.458 e. The highest BCUT2D eigenvalue weighted by molar-refractivity contribution is 5.87. The maximum absolute atomic E-state index is 12.6. The van der Waals surface area contributed by atoms with Gasteiger partial charge in [0.15, 0.2) is 0 Å². The monoisotopic (exact) mass is 400 g/mol. The number of ether oxygens (including phenoxy) is 2. The van der Waals surface area contributed by atoms with Gasteiger partial charge in [-0.25, -0.2) is 9.59 Å². The molecule has 0 N–H and O–H groups in total. The molecule has 1 aliphatic heterocycles. The van der Waals surface area contributed by atoms with E-state index in [1.807, 2.05) is 19.9 Å². The Balaban J connectivity index is 1.89. The van der Waals surface area contributed by atoms with Gasteiger partial charge >= 0.3 is 11.9 Å². The first kappa shape index (κ1) is 21.9. The molecule has 0 aromatic heterocycles. The molecule has 0 unspecified atom stereocenters. The first-order chi connectivity index (χ1) is 13.6. The second-order valence-electron chi connectivity index (χ2n) is 9.72. The lowest BCUT2D eigenvalue weighted by Crippen LogP contribution is -2.57. The average Bonchev–Trinajstić information content (AvgIpc) is 3.11. The zero-order chi connectivity index (χ0) is 21.4. The normalized spacial score (nSPS) is 37.4. The summed E-state index contributed by atoms with van der Waals surface area (Å²) in [5.74, 6) is 0.452. The molecule has 0 aromatic rings. The summed E-state index contributed by atoms with van der Waals surface area (Å²) in [6.07, 6.45) is 10.7. The van der Waals surface area contributed by atoms with Crippen molar-refractivity contribution in [1.29, 1.82) is 0 Å². The van der Waals surface area contributed by atoms with Crippen molar-refractivity contribution in [2.75, 3.05) is 6.61 Å². The Morgan fingerprint density at radius 1 is 1.38 bits per heavy atom. The molecule has 0 spiro atoms. The summed E-state index contributed by atoms with van der Waals surface area (Å²) in [5.41, 5.74) is 3.09. The third kappa shape index (κ3) is 3.83. The van der Waals surface area contributed by atoms with Crippen LogP contribution in [0, 0.1) is 22.7 Å². The molecule has 1 heterocycles. The summed E-state index contributed by atoms with van der Waals surface area (Å²) >= 11 is 0. The number of allylic oxidation sites excluding steroid dienone is 2. The Morgan fingerprint density at radius 2 is 2.10 bits per heavy atom. The number of carbonyl (C=O) groups excluding carboxylic acids is 2. The van der Waals surface area contributed by atoms with Gasteiger partial charge in [-0.15, -0.1) is 0 Å². The zero-order valence-corrected chi connectivity index (χ0v) is 18.8. The molecule has 4 heteroatoms. The number of hydrogen-bond donors (Lipinski definition) is 0. The van der Waals surface area contributed by atoms with Crippen molar-refractivity contribution in [3.8, 4) is 0 Å². The predicted octanol–water partition coefficient (Wildman–Crippen LogP) is 5.54. The van der Waals surface area contributed by atoms with Gasteiger partial charge in [-0.3, -0.25) is 0 Å². The highest BCUT2D eigenvalue weighted by atomic mass is 16.5. The topological polar surface area (TPSA) is 52.6 Å². The summed E-state index contributed by atoms with van der Waals surface area (Å²) in [7, 11) is 0. The molecule has 160 valence electrons. The molecular formula is C25H36O4. The van der Waals surface area contributed by atoms with Crippen LogP contribution in [0.1, 0.15) is 73.6 Å². The smallest absolute Gasteiger partial charge is 0.333 e. The van der Waals surface area contributed by atoms with Crippen molar-refractivity contribution in [3.63, 3.8) is 0 Å². The molecule has 3 rings (SSSR count). The summed E-state index contributed by atoms with van der Waals surface area (Å²) in [5, 5.41) is 0. The summed E-state index contributed by atoms with van der Waals surface area (Å²) in [6, 6.07) is 0. The summed E-state index contributed by atoms with van der Waals surface area (Å²) < 4.78 is 11.2. The highest BCUT2D eigenvalue weighted by Crippen LogP contribution is 2.62. The van der Waals surface area contributed by atoms with Gasteiger partial charge in [0, 0.05) is 17.1 Å². The van der Waals surface area contributed by atoms with Crippen molar-refractivity contribution in [3.05, 3.63) is 34.9 Å². The van der Waals surface area contributed by atoms with E-state index in [0.717, 1.165) is 37.7 Å². The maximum Gasteiger partial charge on any atom is 0.333 e. The van der Waals surface area contributed by atoms with Crippen molar-refractivity contribution in [2.24, 2.45) is 22.7 Å². The van der Waals surface area contributed by atoms with E-state index in [2.05, 4.69) is 33.8 Å². The van der Waals surface area contributed by atoms with Crippen LogP contribution < -0.4 is 0 Å². The minimum absolute atomic E-state index is 0.106. The molecule has 5 atom stereocenters. The fourth-order valence-electron chi connectivity index (χ4n) is 5.85. The first-order valence-corrected chi connectivity index (χ1v) is 11.0. The SMILES string of the molecule is C/C=C(/C)C(=O)O[C@@H]1C[C@@H](C)[C@@](C)(CCC2=CC(=O)OC2)[C@@H]2CCC=C(C)[C@]12C. The van der Waals surface area contributed by atoms with Crippen LogP contribution in [-0.4, -0.2) is 24.6 Å². The van der Waals surface area contributed by atoms with E-state index in [9.17, 15) is 9.59 Å². The van der Waals surface area contributed by atoms with E-state index in [-0.39, 0.29) is 28.9 Å². The van der Waals surface area contributed by atoms with Crippen molar-refractivity contribution in [2.45, 2.75) is 79.8 Å². The summed E-state index contributed by atoms with van der Waals surface area (Å²) in [6.45, 7) is 13.4. The lowest BCUT2D eigenvalue weighted by molar-refractivity contribution is -0.172. The molecule has 3 aliphatic rings. The van der Waals surface area contributed by atoms with E-state index in [1.54, 1.807) is 6.08 Å². The molecule has 0 saturated heterocycles. The Kier molecular flexibility index (Phi) is 6.12. The van der Waals surface area contributed by atoms with Crippen molar-refractivity contribution < 1.29 is 19.1 Å². The first-order valence-electron chi connectivity index (χ1n) is 11.0. The van der Waals surface area contributed by atoms with Gasteiger partial charge in [-0.05, 0) is 75.7 Å². The fraction of sp³-hybridized carbons (Fsp3) is 0.680. The van der Waals surface area contributed by atoms with Crippen LogP contribution in [0.4, 0.5) is 0 Å². The Bertz CT molecular complexity index is 774. The van der Waals surface area contributed by atoms with Crippen molar-refractivity contribution >= 4 is 11.9 Å². The van der Waals surface area contributed by atoms with E-state index < -0.39 is 0 Å². The lowest BCUT2D eigenvalue weighted by atomic mass is 9.46. The Labute approximate surface area is 175 Å². The second kappa shape index (κ2) is 8.12. The Hall–Kier alpha value is -1.84. The third-order valence-electron chi connectivity index (χ3n) is 8.35. The van der Waals surface area contributed by atoms with Crippen LogP contribution in [0.3, 0.4) is 0 Å². The molecule has 4 nitrogen and oxygen atoms in total. The molecule has 0 amide bonds. The number of rotatable bonds is 5. The number of carbonyl (C=O) groups is 2. The van der Waals surface area contributed by atoms with Gasteiger partial charge in [0.2, 0.25) is 0 Å². The van der Waals surface area contributed by atoms with Crippen LogP contribution in [0.15, 0.2) is 34.9 Å². The van der Waals surface area contributed by atoms with E-state index in [4.69, 9.17) is 9.47 Å². The van der Waals surface area contributed by atoms with Gasteiger partial charge < -0.3 is 9.47 Å². The fourth-order valence-corrected chi connectivity index (χ4v) is 5.85. The van der Waals surface area contributed by atoms with Crippen LogP contribution >= 0.6 is 0 Å². The maximum atomic E-state index is 12.6. The lowest BCUT2D eigenvalue weighted by Gasteiger charge is -2.60. The quantitative estimate of drug-likeness (QED) is 0.345. The molecule has 1 saturated carbocycles. The molecule has 1 fully saturated rings. The molecular weight excluding hydrogens is 364 g/mol. The number of hydrogen-bond acceptors (Lipinski definition) is 4. The second-order valence-corrected chi connectivity index (χ2v) is 9.72. The van der Waals surface area contributed by atoms with E-state index in [0.29, 0.717) is 24.0 Å². The zero-order valence-electron chi connectivity index (χ0n) is 18.8. The van der Waals surface area contributed by atoms with Crippen LogP contribution in [0.5, 0.6) is 0 Å². The Morgan fingerprint density at radius 3 is 2.72 bits per heavy atom. The number of cyclic esters (lactones) is 1. The largest absolute Gasteiger partial charge is 0.458 e. The minimum atomic E-state index is -0.213. The molecule has 0 aromatic carbocycles. The van der Waals surface area contributed by atoms with E-state index in [1.165, 1.54) is 5.57 Å². The van der Waals surface area contributed by atoms with Gasteiger partial charge in [-0.1, -0.05) is 38.5 Å². The summed E-state index contributed by atoms with van der Waals surface area (Å²) in [4.78, 5) is 24.0. The molecule has 0 bridgehead atoms. The highest BCUT2D eigenvalue weighted by Gasteiger charge is 2.58. The molecule has 2 aliphatic carbocycles. The van der Waals surface area contributed by atoms with Crippen LogP contribution in [-0.2, 0) is 19.1 Å². The number of esters is 2. The van der Waals surface area contributed by atoms with Gasteiger partial charge in [0.05, 0.1) is 0 Å². The molecule has 29 heavy (non-hydrogen) atoms. The van der Waals surface area contributed by atoms with Gasteiger partial charge in [0.25, 0.3) is 0 Å². The van der Waals surface area contributed by atoms with Crippen LogP contribution in [0.2, 0.25) is 0 Å². The van der Waals surface area contributed by atoms with Gasteiger partial charge in [0.1, 0.15) is 12.7 Å². The predicted molar refractivity (Wildman–Crippen MR) is 114 cm³/mol. The van der Waals surface area contributed by atoms with Crippen molar-refractivity contribution in [1.82, 2.24) is 0 Å². The van der Waals surface area contributed by atoms with E-state index >= 15 is 0 Å². The average molecular weight is 401 g/mol. The standard InChI is InChI=1S/C25H36O4/c1-7-16(2)23(27)29-21-13-18(4)24(5,12-11-19-14-22(26)28-15-19)20-10-8-9-17(3)25(20,21)6/h7,9,14,18,20-21H,8,10-13,15H2,1-6H3/b16-7-/t18-,20+,21-,24-,25+/m1/s1. The van der Waals surface area contributed by atoms with Gasteiger partial charge in [-0.2, -0.15) is 0 Å². The third-order valence-corrected chi connectivity index (χ3v) is 8.35. The van der Waals surface area contributed by atoms with Crippen LogP contribution in [0.25, 0.3) is 0 Å².